The Kier molecular flexibility index (Phi) is 13.7. The Labute approximate surface area is 270 Å². The van der Waals surface area contributed by atoms with E-state index >= 15 is 0 Å². The summed E-state index contributed by atoms with van der Waals surface area (Å²) in [6, 6.07) is 6.00. The largest absolute Gasteiger partial charge is 0.459 e. The maximum atomic E-state index is 13.8. The molecule has 1 aromatic carbocycles. The number of amides is 3. The van der Waals surface area contributed by atoms with Gasteiger partial charge in [-0.2, -0.15) is 0 Å². The van der Waals surface area contributed by atoms with Crippen LogP contribution in [0.2, 0.25) is 0 Å². The lowest BCUT2D eigenvalue weighted by molar-refractivity contribution is -0.372. The van der Waals surface area contributed by atoms with E-state index in [9.17, 15) is 19.2 Å². The Morgan fingerprint density at radius 1 is 1.20 bits per heavy atom. The van der Waals surface area contributed by atoms with E-state index in [-0.39, 0.29) is 39.2 Å². The first-order chi connectivity index (χ1) is 21.7. The number of carbonyl (C=O) groups excluding carboxylic acids is 4. The van der Waals surface area contributed by atoms with E-state index in [0.717, 1.165) is 5.56 Å². The van der Waals surface area contributed by atoms with Crippen molar-refractivity contribution in [2.45, 2.75) is 109 Å². The number of nitrogens with one attached hydrogen (secondary N) is 1. The van der Waals surface area contributed by atoms with Crippen molar-refractivity contribution in [1.29, 1.82) is 0 Å². The summed E-state index contributed by atoms with van der Waals surface area (Å²) in [5.74, 6) is -3.36. The van der Waals surface area contributed by atoms with Gasteiger partial charge in [-0.1, -0.05) is 36.4 Å². The minimum atomic E-state index is -1.22. The first-order valence-corrected chi connectivity index (χ1v) is 15.4. The van der Waals surface area contributed by atoms with Crippen LogP contribution in [0.15, 0.2) is 43.0 Å². The molecule has 14 nitrogen and oxygen atoms in total. The van der Waals surface area contributed by atoms with Crippen LogP contribution >= 0.6 is 0 Å². The smallest absolute Gasteiger partial charge is 0.329 e. The molecule has 14 heteroatoms. The van der Waals surface area contributed by atoms with Crippen LogP contribution in [0.25, 0.3) is 0 Å². The summed E-state index contributed by atoms with van der Waals surface area (Å²) in [4.78, 5) is 52.3. The van der Waals surface area contributed by atoms with Crippen molar-refractivity contribution in [2.75, 3.05) is 19.8 Å². The molecule has 3 amide bonds. The molecule has 8 atom stereocenters. The van der Waals surface area contributed by atoms with Crippen molar-refractivity contribution in [1.82, 2.24) is 10.2 Å². The summed E-state index contributed by atoms with van der Waals surface area (Å²) in [5, 5.41) is 2.56. The molecule has 2 saturated heterocycles. The molecule has 46 heavy (non-hydrogen) atoms. The second-order valence-corrected chi connectivity index (χ2v) is 12.0. The van der Waals surface area contributed by atoms with Gasteiger partial charge in [-0.15, -0.1) is 6.58 Å². The summed E-state index contributed by atoms with van der Waals surface area (Å²) in [5.41, 5.74) is 12.8. The molecule has 0 spiro atoms. The fourth-order valence-corrected chi connectivity index (χ4v) is 5.41. The van der Waals surface area contributed by atoms with Gasteiger partial charge in [0.2, 0.25) is 17.7 Å². The zero-order chi connectivity index (χ0) is 34.0. The predicted octanol–water partition coefficient (Wildman–Crippen LogP) is 0.897. The second-order valence-electron chi connectivity index (χ2n) is 12.0. The zero-order valence-corrected chi connectivity index (χ0v) is 27.2. The highest BCUT2D eigenvalue weighted by molar-refractivity contribution is 5.90. The Morgan fingerprint density at radius 3 is 2.52 bits per heavy atom. The molecule has 0 bridgehead atoms. The van der Waals surface area contributed by atoms with Crippen molar-refractivity contribution < 1.29 is 47.6 Å². The minimum Gasteiger partial charge on any atom is -0.459 e. The molecule has 0 saturated carbocycles. The standard InChI is InChI=1S/C32H48N4O10/c1-7-15-41-31-26(34)28(27-24(45-31)18-43-32(5,6)46-27)44-19(2)16-36(29(39)20(3)35-21(4)37)23(13-14-25(33)38)30(40)42-17-22-11-9-8-10-12-22/h7-12,19-20,23-24,26-28,31H,1,13-18,34H2,2-6H3,(H2,33,38)(H,35,37)/t19?,20-,23+,24+,26+,27+,28+,31+/m0/s1. The van der Waals surface area contributed by atoms with Gasteiger partial charge in [0.25, 0.3) is 0 Å². The Balaban J connectivity index is 1.89. The van der Waals surface area contributed by atoms with Gasteiger partial charge in [-0.3, -0.25) is 14.4 Å². The summed E-state index contributed by atoms with van der Waals surface area (Å²) in [6.07, 6.45) is -2.32. The van der Waals surface area contributed by atoms with Gasteiger partial charge in [-0.25, -0.2) is 4.79 Å². The number of primary amides is 1. The van der Waals surface area contributed by atoms with Gasteiger partial charge < -0.3 is 50.1 Å². The molecular weight excluding hydrogens is 600 g/mol. The van der Waals surface area contributed by atoms with E-state index in [0.29, 0.717) is 0 Å². The molecule has 2 fully saturated rings. The highest BCUT2D eigenvalue weighted by Crippen LogP contribution is 2.34. The third kappa shape index (κ3) is 10.6. The van der Waals surface area contributed by atoms with Gasteiger partial charge in [-0.05, 0) is 39.7 Å². The quantitative estimate of drug-likeness (QED) is 0.170. The number of hydrogen-bond donors (Lipinski definition) is 3. The highest BCUT2D eigenvalue weighted by atomic mass is 16.8. The van der Waals surface area contributed by atoms with Crippen LogP contribution in [0.4, 0.5) is 0 Å². The average molecular weight is 649 g/mol. The lowest BCUT2D eigenvalue weighted by Gasteiger charge is -2.50. The van der Waals surface area contributed by atoms with E-state index in [4.69, 9.17) is 39.9 Å². The van der Waals surface area contributed by atoms with Crippen LogP contribution in [0.5, 0.6) is 0 Å². The van der Waals surface area contributed by atoms with E-state index in [1.165, 1.54) is 18.7 Å². The molecule has 1 aromatic rings. The third-order valence-corrected chi connectivity index (χ3v) is 7.54. The molecule has 2 aliphatic heterocycles. The van der Waals surface area contributed by atoms with Gasteiger partial charge >= 0.3 is 5.97 Å². The van der Waals surface area contributed by atoms with E-state index in [1.54, 1.807) is 51.1 Å². The first kappa shape index (κ1) is 37.1. The number of ether oxygens (including phenoxy) is 6. The molecule has 5 N–H and O–H groups in total. The summed E-state index contributed by atoms with van der Waals surface area (Å²) >= 11 is 0. The number of fused-ring (bicyclic) bond motifs is 1. The van der Waals surface area contributed by atoms with Gasteiger partial charge in [0.1, 0.15) is 37.0 Å². The topological polar surface area (TPSA) is 191 Å². The third-order valence-electron chi connectivity index (χ3n) is 7.54. The highest BCUT2D eigenvalue weighted by Gasteiger charge is 2.52. The number of benzene rings is 1. The zero-order valence-electron chi connectivity index (χ0n) is 27.2. The maximum Gasteiger partial charge on any atom is 0.329 e. The predicted molar refractivity (Wildman–Crippen MR) is 165 cm³/mol. The van der Waals surface area contributed by atoms with Crippen LogP contribution in [0.3, 0.4) is 0 Å². The van der Waals surface area contributed by atoms with Crippen molar-refractivity contribution in [3.8, 4) is 0 Å². The molecule has 0 aromatic heterocycles. The van der Waals surface area contributed by atoms with Crippen LogP contribution in [0, 0.1) is 0 Å². The van der Waals surface area contributed by atoms with E-state index in [2.05, 4.69) is 11.9 Å². The van der Waals surface area contributed by atoms with Gasteiger partial charge in [0.05, 0.1) is 25.4 Å². The number of esters is 1. The Hall–Kier alpha value is -3.40. The monoisotopic (exact) mass is 648 g/mol. The van der Waals surface area contributed by atoms with Crippen molar-refractivity contribution >= 4 is 23.7 Å². The number of nitrogens with zero attached hydrogens (tertiary/aromatic N) is 1. The first-order valence-electron chi connectivity index (χ1n) is 15.4. The van der Waals surface area contributed by atoms with Crippen LogP contribution < -0.4 is 16.8 Å². The minimum absolute atomic E-state index is 0.0522. The number of carbonyl (C=O) groups is 4. The summed E-state index contributed by atoms with van der Waals surface area (Å²) in [7, 11) is 0. The molecule has 0 aliphatic carbocycles. The van der Waals surface area contributed by atoms with Crippen molar-refractivity contribution in [2.24, 2.45) is 11.5 Å². The Morgan fingerprint density at radius 2 is 1.89 bits per heavy atom. The molecular formula is C32H48N4O10. The lowest BCUT2D eigenvalue weighted by Crippen LogP contribution is -2.68. The van der Waals surface area contributed by atoms with E-state index < -0.39 is 78.3 Å². The van der Waals surface area contributed by atoms with Crippen molar-refractivity contribution in [3.05, 3.63) is 48.6 Å². The van der Waals surface area contributed by atoms with Crippen molar-refractivity contribution in [3.63, 3.8) is 0 Å². The van der Waals surface area contributed by atoms with Gasteiger partial charge in [0.15, 0.2) is 12.1 Å². The van der Waals surface area contributed by atoms with Gasteiger partial charge in [0, 0.05) is 19.9 Å². The molecule has 1 unspecified atom stereocenters. The summed E-state index contributed by atoms with van der Waals surface area (Å²) in [6.45, 7) is 11.9. The number of nitrogens with two attached hydrogens (primary N) is 2. The fraction of sp³-hybridized carbons (Fsp3) is 0.625. The fourth-order valence-electron chi connectivity index (χ4n) is 5.41. The number of hydrogen-bond acceptors (Lipinski definition) is 11. The average Bonchev–Trinajstić information content (AvgIpc) is 2.99. The van der Waals surface area contributed by atoms with Crippen LogP contribution in [0.1, 0.15) is 53.0 Å². The Bertz CT molecular complexity index is 1200. The second kappa shape index (κ2) is 17.0. The molecule has 0 radical (unpaired) electrons. The molecule has 256 valence electrons. The van der Waals surface area contributed by atoms with Crippen LogP contribution in [-0.4, -0.2) is 103 Å². The molecule has 2 aliphatic rings. The molecule has 3 rings (SSSR count). The maximum absolute atomic E-state index is 13.8. The lowest BCUT2D eigenvalue weighted by atomic mass is 9.95. The normalized spacial score (nSPS) is 25.7. The SMILES string of the molecule is C=CCO[C@@H]1O[C@@H]2COC(C)(C)O[C@H]2[C@H](OC(C)CN(C(=O)[C@H](C)NC(C)=O)[C@H](CCC(N)=O)C(=O)OCc2ccccc2)[C@H]1N. The van der Waals surface area contributed by atoms with Crippen LogP contribution in [-0.2, 0) is 54.2 Å². The molecule has 2 heterocycles. The van der Waals surface area contributed by atoms with E-state index in [1.807, 2.05) is 6.07 Å². The number of rotatable bonds is 16. The summed E-state index contributed by atoms with van der Waals surface area (Å²) < 4.78 is 35.9.